The lowest BCUT2D eigenvalue weighted by atomic mass is 10.1. The molecule has 43 heavy (non-hydrogen) atoms. The van der Waals surface area contributed by atoms with Gasteiger partial charge in [0.05, 0.1) is 37.5 Å². The molecule has 0 spiro atoms. The van der Waals surface area contributed by atoms with Gasteiger partial charge >= 0.3 is 0 Å². The second-order valence-corrected chi connectivity index (χ2v) is 11.2. The Morgan fingerprint density at radius 3 is 2.58 bits per heavy atom. The van der Waals surface area contributed by atoms with Crippen molar-refractivity contribution in [2.75, 3.05) is 51.3 Å². The number of morpholine rings is 1. The molecular weight excluding hydrogens is 583 g/mol. The lowest BCUT2D eigenvalue weighted by molar-refractivity contribution is -0.387. The number of pyridine rings is 1. The molecule has 3 aromatic carbocycles. The monoisotopic (exact) mass is 612 g/mol. The highest BCUT2D eigenvalue weighted by atomic mass is 32.2. The maximum atomic E-state index is 15.1. The van der Waals surface area contributed by atoms with E-state index in [1.54, 1.807) is 18.2 Å². The molecule has 0 saturated carbocycles. The molecule has 5 rings (SSSR count). The molecule has 1 saturated heterocycles. The molecule has 0 atom stereocenters. The maximum Gasteiger partial charge on any atom is 0.289 e. The number of benzene rings is 3. The third kappa shape index (κ3) is 6.93. The smallest absolute Gasteiger partial charge is 0.289 e. The van der Waals surface area contributed by atoms with Crippen molar-refractivity contribution in [2.45, 2.75) is 11.3 Å². The SMILES string of the molecule is COc1c(OCCCN2CCOCC2)ccc2c(Oc3ccc(NS(=O)(=O)c4ccccc4[N+](=O)[O-])cc3F)ccnc12. The zero-order valence-corrected chi connectivity index (χ0v) is 24.0. The van der Waals surface area contributed by atoms with Gasteiger partial charge in [0.1, 0.15) is 11.3 Å². The number of sulfonamides is 1. The number of nitrogens with one attached hydrogen (secondary N) is 1. The molecule has 0 amide bonds. The lowest BCUT2D eigenvalue weighted by Crippen LogP contribution is -2.37. The van der Waals surface area contributed by atoms with Crippen molar-refractivity contribution < 1.29 is 36.7 Å². The topological polar surface area (TPSA) is 142 Å². The van der Waals surface area contributed by atoms with E-state index in [1.807, 2.05) is 0 Å². The van der Waals surface area contributed by atoms with Crippen LogP contribution in [0, 0.1) is 15.9 Å². The third-order valence-electron chi connectivity index (χ3n) is 6.73. The van der Waals surface area contributed by atoms with E-state index in [1.165, 1.54) is 37.6 Å². The van der Waals surface area contributed by atoms with Crippen molar-refractivity contribution >= 4 is 32.3 Å². The van der Waals surface area contributed by atoms with E-state index in [2.05, 4.69) is 14.6 Å². The number of aromatic nitrogens is 1. The molecule has 14 heteroatoms. The Morgan fingerprint density at radius 1 is 1.07 bits per heavy atom. The molecule has 1 aromatic heterocycles. The summed E-state index contributed by atoms with van der Waals surface area (Å²) in [6.07, 6.45) is 2.32. The van der Waals surface area contributed by atoms with Gasteiger partial charge in [-0.3, -0.25) is 24.7 Å². The van der Waals surface area contributed by atoms with Crippen LogP contribution in [0.3, 0.4) is 0 Å². The van der Waals surface area contributed by atoms with Crippen LogP contribution in [0.25, 0.3) is 10.9 Å². The Balaban J connectivity index is 1.31. The van der Waals surface area contributed by atoms with Crippen molar-refractivity contribution in [2.24, 2.45) is 0 Å². The van der Waals surface area contributed by atoms with Crippen molar-refractivity contribution in [1.29, 1.82) is 0 Å². The van der Waals surface area contributed by atoms with Gasteiger partial charge in [0.15, 0.2) is 28.0 Å². The number of hydrogen-bond donors (Lipinski definition) is 1. The van der Waals surface area contributed by atoms with E-state index in [4.69, 9.17) is 18.9 Å². The van der Waals surface area contributed by atoms with Crippen LogP contribution in [-0.4, -0.2) is 69.8 Å². The molecule has 0 radical (unpaired) electrons. The summed E-state index contributed by atoms with van der Waals surface area (Å²) in [4.78, 5) is 16.7. The van der Waals surface area contributed by atoms with Gasteiger partial charge < -0.3 is 18.9 Å². The average molecular weight is 613 g/mol. The first kappa shape index (κ1) is 29.9. The third-order valence-corrected chi connectivity index (χ3v) is 8.16. The Kier molecular flexibility index (Phi) is 9.19. The first-order valence-corrected chi connectivity index (χ1v) is 14.9. The standard InChI is InChI=1S/C29H29FN4O8S/c1-39-29-26(41-16-4-13-33-14-17-40-18-15-33)10-8-21-24(11-12-31-28(21)29)42-25-9-7-20(19-22(25)30)32-43(37,38)27-6-3-2-5-23(27)34(35)36/h2-3,5-12,19,32H,4,13-18H2,1H3. The number of halogens is 1. The first-order chi connectivity index (χ1) is 20.8. The summed E-state index contributed by atoms with van der Waals surface area (Å²) < 4.78 is 65.7. The molecule has 4 aromatic rings. The van der Waals surface area contributed by atoms with Crippen LogP contribution in [0.15, 0.2) is 71.8 Å². The van der Waals surface area contributed by atoms with Crippen molar-refractivity contribution in [3.05, 3.63) is 82.8 Å². The number of hydrogen-bond acceptors (Lipinski definition) is 10. The lowest BCUT2D eigenvalue weighted by Gasteiger charge is -2.26. The summed E-state index contributed by atoms with van der Waals surface area (Å²) in [5.74, 6) is 0.176. The van der Waals surface area contributed by atoms with Gasteiger partial charge in [-0.25, -0.2) is 12.8 Å². The Morgan fingerprint density at radius 2 is 1.84 bits per heavy atom. The zero-order chi connectivity index (χ0) is 30.4. The van der Waals surface area contributed by atoms with Gasteiger partial charge in [0, 0.05) is 43.4 Å². The minimum absolute atomic E-state index is 0.139. The minimum Gasteiger partial charge on any atom is -0.491 e. The predicted octanol–water partition coefficient (Wildman–Crippen LogP) is 4.98. The number of nitrogens with zero attached hydrogens (tertiary/aromatic N) is 3. The van der Waals surface area contributed by atoms with Gasteiger partial charge in [0.25, 0.3) is 15.7 Å². The zero-order valence-electron chi connectivity index (χ0n) is 23.2. The number of rotatable bonds is 12. The fourth-order valence-corrected chi connectivity index (χ4v) is 5.88. The second kappa shape index (κ2) is 13.2. The highest BCUT2D eigenvalue weighted by molar-refractivity contribution is 7.92. The van der Waals surface area contributed by atoms with Crippen LogP contribution in [0.2, 0.25) is 0 Å². The highest BCUT2D eigenvalue weighted by Crippen LogP contribution is 2.39. The van der Waals surface area contributed by atoms with E-state index in [0.717, 1.165) is 57.5 Å². The summed E-state index contributed by atoms with van der Waals surface area (Å²) in [6, 6.07) is 13.4. The Bertz CT molecular complexity index is 1730. The summed E-state index contributed by atoms with van der Waals surface area (Å²) in [7, 11) is -2.87. The molecule has 1 aliphatic rings. The molecule has 0 bridgehead atoms. The Labute approximate surface area is 247 Å². The van der Waals surface area contributed by atoms with Crippen LogP contribution in [-0.2, 0) is 14.8 Å². The highest BCUT2D eigenvalue weighted by Gasteiger charge is 2.25. The van der Waals surface area contributed by atoms with Crippen LogP contribution in [0.5, 0.6) is 23.0 Å². The van der Waals surface area contributed by atoms with Crippen LogP contribution in [0.4, 0.5) is 15.8 Å². The average Bonchev–Trinajstić information content (AvgIpc) is 3.00. The van der Waals surface area contributed by atoms with E-state index in [0.29, 0.717) is 29.0 Å². The van der Waals surface area contributed by atoms with E-state index in [-0.39, 0.29) is 17.2 Å². The fourth-order valence-electron chi connectivity index (χ4n) is 4.65. The minimum atomic E-state index is -4.37. The van der Waals surface area contributed by atoms with Crippen LogP contribution >= 0.6 is 0 Å². The number of nitro groups is 1. The largest absolute Gasteiger partial charge is 0.491 e. The quantitative estimate of drug-likeness (QED) is 0.132. The molecule has 226 valence electrons. The van der Waals surface area contributed by atoms with Crippen molar-refractivity contribution in [1.82, 2.24) is 9.88 Å². The number of methoxy groups -OCH3 is 1. The molecule has 12 nitrogen and oxygen atoms in total. The number of para-hydroxylation sites is 1. The number of fused-ring (bicyclic) bond motifs is 1. The predicted molar refractivity (Wildman–Crippen MR) is 156 cm³/mol. The van der Waals surface area contributed by atoms with E-state index >= 15 is 4.39 Å². The van der Waals surface area contributed by atoms with E-state index < -0.39 is 31.3 Å². The van der Waals surface area contributed by atoms with Gasteiger partial charge in [-0.2, -0.15) is 0 Å². The van der Waals surface area contributed by atoms with Crippen molar-refractivity contribution in [3.8, 4) is 23.0 Å². The normalized spacial score (nSPS) is 13.9. The number of nitro benzene ring substituents is 1. The van der Waals surface area contributed by atoms with Crippen LogP contribution < -0.4 is 18.9 Å². The van der Waals surface area contributed by atoms with Crippen molar-refractivity contribution in [3.63, 3.8) is 0 Å². The van der Waals surface area contributed by atoms with Gasteiger partial charge in [-0.05, 0) is 42.8 Å². The number of anilines is 1. The maximum absolute atomic E-state index is 15.1. The molecule has 2 heterocycles. The Hall–Kier alpha value is -4.53. The molecule has 0 unspecified atom stereocenters. The fraction of sp³-hybridized carbons (Fsp3) is 0.276. The summed E-state index contributed by atoms with van der Waals surface area (Å²) in [6.45, 7) is 4.67. The van der Waals surface area contributed by atoms with Gasteiger partial charge in [-0.15, -0.1) is 0 Å². The summed E-state index contributed by atoms with van der Waals surface area (Å²) in [5, 5.41) is 11.8. The van der Waals surface area contributed by atoms with E-state index in [9.17, 15) is 18.5 Å². The van der Waals surface area contributed by atoms with Crippen LogP contribution in [0.1, 0.15) is 6.42 Å². The van der Waals surface area contributed by atoms with Gasteiger partial charge in [0.2, 0.25) is 0 Å². The molecule has 1 fully saturated rings. The molecule has 1 aliphatic heterocycles. The summed E-state index contributed by atoms with van der Waals surface area (Å²) >= 11 is 0. The molecule has 1 N–H and O–H groups in total. The van der Waals surface area contributed by atoms with Gasteiger partial charge in [-0.1, -0.05) is 12.1 Å². The molecular formula is C29H29FN4O8S. The summed E-state index contributed by atoms with van der Waals surface area (Å²) in [5.41, 5.74) is -0.281. The molecule has 0 aliphatic carbocycles. The number of ether oxygens (including phenoxy) is 4. The first-order valence-electron chi connectivity index (χ1n) is 13.4. The second-order valence-electron chi connectivity index (χ2n) is 9.54.